The molecular weight excluding hydrogens is 390 g/mol. The lowest BCUT2D eigenvalue weighted by molar-refractivity contribution is -0.252. The van der Waals surface area contributed by atoms with Crippen molar-refractivity contribution in [2.45, 2.75) is 20.5 Å². The van der Waals surface area contributed by atoms with Crippen LogP contribution in [-0.4, -0.2) is 11.2 Å². The summed E-state index contributed by atoms with van der Waals surface area (Å²) in [6.07, 6.45) is 0. The molecule has 0 saturated heterocycles. The molecular formula is C22H19NO3S2. The van der Waals surface area contributed by atoms with Gasteiger partial charge in [0.05, 0.1) is 4.88 Å². The fraction of sp³-hybridized carbons (Fsp3) is 0.136. The van der Waals surface area contributed by atoms with Crippen molar-refractivity contribution in [1.82, 2.24) is 0 Å². The third-order valence-corrected chi connectivity index (χ3v) is 6.64. The van der Waals surface area contributed by atoms with Crippen molar-refractivity contribution in [1.29, 1.82) is 0 Å². The number of carbonyl (C=O) groups excluding carboxylic acids is 1. The summed E-state index contributed by atoms with van der Waals surface area (Å²) in [4.78, 5) is 17.9. The van der Waals surface area contributed by atoms with Crippen LogP contribution in [0.25, 0.3) is 21.2 Å². The molecule has 4 rings (SSSR count). The molecule has 1 amide bonds. The zero-order chi connectivity index (χ0) is 19.7. The summed E-state index contributed by atoms with van der Waals surface area (Å²) in [5, 5.41) is 15.8. The van der Waals surface area contributed by atoms with Crippen LogP contribution in [0.3, 0.4) is 0 Å². The Morgan fingerprint density at radius 3 is 2.57 bits per heavy atom. The van der Waals surface area contributed by atoms with Crippen molar-refractivity contribution < 1.29 is 14.9 Å². The van der Waals surface area contributed by atoms with Gasteiger partial charge in [0.25, 0.3) is 5.91 Å². The standard InChI is InChI=1S/C22H19NO3S2/c1-13-3-6-15(7-4-13)18-12-27-22(17(18)11-26-25)23-21(24)20-10-16-9-14(2)5-8-19(16)28-20/h3-10,12,25H,11H2,1-2H3,(H,23,24). The molecule has 0 bridgehead atoms. The van der Waals surface area contributed by atoms with Gasteiger partial charge in [-0.25, -0.2) is 4.89 Å². The van der Waals surface area contributed by atoms with Crippen molar-refractivity contribution in [3.8, 4) is 11.1 Å². The highest BCUT2D eigenvalue weighted by Crippen LogP contribution is 2.37. The number of rotatable bonds is 5. The van der Waals surface area contributed by atoms with E-state index in [0.717, 1.165) is 26.8 Å². The Kier molecular flexibility index (Phi) is 5.28. The quantitative estimate of drug-likeness (QED) is 0.293. The van der Waals surface area contributed by atoms with Crippen LogP contribution in [0.4, 0.5) is 5.00 Å². The number of amides is 1. The predicted octanol–water partition coefficient (Wildman–Crippen LogP) is 6.49. The summed E-state index contributed by atoms with van der Waals surface area (Å²) < 4.78 is 1.08. The van der Waals surface area contributed by atoms with Crippen molar-refractivity contribution in [2.75, 3.05) is 5.32 Å². The SMILES string of the molecule is Cc1ccc(-c2csc(NC(=O)c3cc4cc(C)ccc4s3)c2COO)cc1. The second-order valence-corrected chi connectivity index (χ2v) is 8.67. The molecule has 28 heavy (non-hydrogen) atoms. The molecule has 0 aliphatic heterocycles. The van der Waals surface area contributed by atoms with Gasteiger partial charge in [-0.05, 0) is 36.9 Å². The van der Waals surface area contributed by atoms with Crippen molar-refractivity contribution >= 4 is 43.7 Å². The minimum Gasteiger partial charge on any atom is -0.313 e. The van der Waals surface area contributed by atoms with Crippen LogP contribution in [0.1, 0.15) is 26.4 Å². The minimum absolute atomic E-state index is 0.00787. The highest BCUT2D eigenvalue weighted by Gasteiger charge is 2.18. The second kappa shape index (κ2) is 7.85. The zero-order valence-electron chi connectivity index (χ0n) is 15.5. The molecule has 0 aliphatic carbocycles. The minimum atomic E-state index is -0.157. The number of nitrogens with one attached hydrogen (secondary N) is 1. The van der Waals surface area contributed by atoms with E-state index in [1.807, 2.05) is 61.7 Å². The third kappa shape index (κ3) is 3.72. The van der Waals surface area contributed by atoms with E-state index in [4.69, 9.17) is 5.26 Å². The lowest BCUT2D eigenvalue weighted by Gasteiger charge is -2.07. The highest BCUT2D eigenvalue weighted by molar-refractivity contribution is 7.21. The lowest BCUT2D eigenvalue weighted by atomic mass is 10.0. The molecule has 0 unspecified atom stereocenters. The summed E-state index contributed by atoms with van der Waals surface area (Å²) in [6.45, 7) is 4.08. The Hall–Kier alpha value is -2.51. The molecule has 2 aromatic carbocycles. The first-order chi connectivity index (χ1) is 13.5. The topological polar surface area (TPSA) is 58.6 Å². The highest BCUT2D eigenvalue weighted by atomic mass is 32.1. The van der Waals surface area contributed by atoms with Gasteiger partial charge in [-0.3, -0.25) is 10.1 Å². The number of hydrogen-bond acceptors (Lipinski definition) is 5. The van der Waals surface area contributed by atoms with Gasteiger partial charge in [0, 0.05) is 21.2 Å². The van der Waals surface area contributed by atoms with E-state index in [2.05, 4.69) is 16.3 Å². The number of benzene rings is 2. The maximum Gasteiger partial charge on any atom is 0.266 e. The van der Waals surface area contributed by atoms with Gasteiger partial charge in [0.15, 0.2) is 0 Å². The normalized spacial score (nSPS) is 11.1. The molecule has 0 saturated carbocycles. The van der Waals surface area contributed by atoms with Crippen molar-refractivity contribution in [3.05, 3.63) is 75.5 Å². The Morgan fingerprint density at radius 1 is 1.07 bits per heavy atom. The van der Waals surface area contributed by atoms with Crippen LogP contribution in [0.15, 0.2) is 53.9 Å². The number of thiophene rings is 2. The Balaban J connectivity index is 1.64. The first-order valence-electron chi connectivity index (χ1n) is 8.80. The molecule has 142 valence electrons. The average Bonchev–Trinajstić information content (AvgIpc) is 3.27. The largest absolute Gasteiger partial charge is 0.313 e. The summed E-state index contributed by atoms with van der Waals surface area (Å²) >= 11 is 2.90. The average molecular weight is 410 g/mol. The summed E-state index contributed by atoms with van der Waals surface area (Å²) in [6, 6.07) is 16.2. The molecule has 0 radical (unpaired) electrons. The molecule has 2 N–H and O–H groups in total. The van der Waals surface area contributed by atoms with Gasteiger partial charge in [-0.1, -0.05) is 47.5 Å². The van der Waals surface area contributed by atoms with Gasteiger partial charge >= 0.3 is 0 Å². The van der Waals surface area contributed by atoms with E-state index in [1.165, 1.54) is 33.8 Å². The maximum absolute atomic E-state index is 12.8. The summed E-state index contributed by atoms with van der Waals surface area (Å²) in [7, 11) is 0. The first kappa shape index (κ1) is 18.8. The van der Waals surface area contributed by atoms with Gasteiger partial charge in [0.1, 0.15) is 11.6 Å². The number of aryl methyl sites for hydroxylation is 2. The van der Waals surface area contributed by atoms with E-state index in [0.29, 0.717) is 9.88 Å². The molecule has 2 aromatic heterocycles. The third-order valence-electron chi connectivity index (χ3n) is 4.59. The van der Waals surface area contributed by atoms with Crippen LogP contribution in [-0.2, 0) is 11.5 Å². The fourth-order valence-corrected chi connectivity index (χ4v) is 5.03. The van der Waals surface area contributed by atoms with Crippen LogP contribution < -0.4 is 5.32 Å². The van der Waals surface area contributed by atoms with E-state index in [-0.39, 0.29) is 12.5 Å². The van der Waals surface area contributed by atoms with Gasteiger partial charge in [0.2, 0.25) is 0 Å². The van der Waals surface area contributed by atoms with Gasteiger partial charge in [-0.15, -0.1) is 22.7 Å². The maximum atomic E-state index is 12.8. The summed E-state index contributed by atoms with van der Waals surface area (Å²) in [5.41, 5.74) is 5.07. The van der Waals surface area contributed by atoms with E-state index >= 15 is 0 Å². The molecule has 4 nitrogen and oxygen atoms in total. The van der Waals surface area contributed by atoms with Crippen molar-refractivity contribution in [3.63, 3.8) is 0 Å². The second-order valence-electron chi connectivity index (χ2n) is 6.70. The number of fused-ring (bicyclic) bond motifs is 1. The Labute approximate surface area is 171 Å². The predicted molar refractivity (Wildman–Crippen MR) is 116 cm³/mol. The Bertz CT molecular complexity index is 1140. The monoisotopic (exact) mass is 409 g/mol. The number of carbonyl (C=O) groups is 1. The zero-order valence-corrected chi connectivity index (χ0v) is 17.1. The van der Waals surface area contributed by atoms with Crippen LogP contribution >= 0.6 is 22.7 Å². The van der Waals surface area contributed by atoms with Crippen molar-refractivity contribution in [2.24, 2.45) is 0 Å². The van der Waals surface area contributed by atoms with Gasteiger partial charge in [-0.2, -0.15) is 0 Å². The first-order valence-corrected chi connectivity index (χ1v) is 10.5. The molecule has 0 fully saturated rings. The fourth-order valence-electron chi connectivity index (χ4n) is 3.11. The molecule has 4 aromatic rings. The van der Waals surface area contributed by atoms with E-state index < -0.39 is 0 Å². The van der Waals surface area contributed by atoms with Gasteiger partial charge < -0.3 is 5.32 Å². The van der Waals surface area contributed by atoms with E-state index in [9.17, 15) is 4.79 Å². The number of hydrogen-bond donors (Lipinski definition) is 2. The molecule has 6 heteroatoms. The van der Waals surface area contributed by atoms with E-state index in [1.54, 1.807) is 0 Å². The van der Waals surface area contributed by atoms with Crippen LogP contribution in [0.2, 0.25) is 0 Å². The van der Waals surface area contributed by atoms with Crippen LogP contribution in [0, 0.1) is 13.8 Å². The number of anilines is 1. The molecule has 2 heterocycles. The molecule has 0 atom stereocenters. The summed E-state index contributed by atoms with van der Waals surface area (Å²) in [5.74, 6) is -0.157. The van der Waals surface area contributed by atoms with Crippen LogP contribution in [0.5, 0.6) is 0 Å². The molecule has 0 aliphatic rings. The smallest absolute Gasteiger partial charge is 0.266 e. The lowest BCUT2D eigenvalue weighted by Crippen LogP contribution is -2.10. The molecule has 0 spiro atoms. The Morgan fingerprint density at radius 2 is 1.82 bits per heavy atom.